The second-order valence-electron chi connectivity index (χ2n) is 3.60. The van der Waals surface area contributed by atoms with Crippen molar-refractivity contribution in [2.45, 2.75) is 13.3 Å². The Bertz CT molecular complexity index is 459. The summed E-state index contributed by atoms with van der Waals surface area (Å²) in [5.41, 5.74) is 0. The van der Waals surface area contributed by atoms with Crippen LogP contribution >= 0.6 is 27.3 Å². The molecule has 1 aromatic heterocycles. The zero-order valence-electron chi connectivity index (χ0n) is 9.90. The van der Waals surface area contributed by atoms with E-state index in [0.717, 1.165) is 6.42 Å². The number of nitrogens with one attached hydrogen (secondary N) is 1. The summed E-state index contributed by atoms with van der Waals surface area (Å²) >= 11 is 4.55. The van der Waals surface area contributed by atoms with Crippen LogP contribution in [0.1, 0.15) is 23.0 Å². The fourth-order valence-electron chi connectivity index (χ4n) is 1.22. The molecule has 1 atom stereocenters. The fourth-order valence-corrected chi connectivity index (χ4v) is 3.77. The normalized spacial score (nSPS) is 12.1. The standard InChI is InChI=1S/C11H14BrNO3S2/c1-2-4-13-10(15)7-18(16)6-9(14)11-8(12)3-5-17-11/h3,5H,2,4,6-7H2,1H3,(H,13,15). The van der Waals surface area contributed by atoms with Gasteiger partial charge in [0.05, 0.1) is 10.6 Å². The van der Waals surface area contributed by atoms with Crippen LogP contribution in [0, 0.1) is 0 Å². The third kappa shape index (κ3) is 4.99. The molecule has 1 N–H and O–H groups in total. The Morgan fingerprint density at radius 3 is 2.72 bits per heavy atom. The molecule has 1 amide bonds. The van der Waals surface area contributed by atoms with Crippen LogP contribution in [0.5, 0.6) is 0 Å². The molecular formula is C11H14BrNO3S2. The van der Waals surface area contributed by atoms with E-state index in [1.807, 2.05) is 6.92 Å². The van der Waals surface area contributed by atoms with Gasteiger partial charge in [0, 0.05) is 21.8 Å². The van der Waals surface area contributed by atoms with Gasteiger partial charge in [-0.05, 0) is 33.8 Å². The summed E-state index contributed by atoms with van der Waals surface area (Å²) in [4.78, 5) is 23.7. The second kappa shape index (κ2) is 7.81. The lowest BCUT2D eigenvalue weighted by Crippen LogP contribution is -2.30. The van der Waals surface area contributed by atoms with Crippen molar-refractivity contribution in [2.24, 2.45) is 0 Å². The number of carbonyl (C=O) groups excluding carboxylic acids is 2. The summed E-state index contributed by atoms with van der Waals surface area (Å²) < 4.78 is 12.4. The Morgan fingerprint density at radius 2 is 2.17 bits per heavy atom. The number of hydrogen-bond donors (Lipinski definition) is 1. The van der Waals surface area contributed by atoms with E-state index < -0.39 is 10.8 Å². The number of thiophene rings is 1. The molecule has 4 nitrogen and oxygen atoms in total. The van der Waals surface area contributed by atoms with E-state index in [-0.39, 0.29) is 23.2 Å². The predicted molar refractivity (Wildman–Crippen MR) is 77.5 cm³/mol. The fraction of sp³-hybridized carbons (Fsp3) is 0.455. The van der Waals surface area contributed by atoms with Crippen LogP contribution < -0.4 is 5.32 Å². The van der Waals surface area contributed by atoms with E-state index in [1.54, 1.807) is 11.4 Å². The van der Waals surface area contributed by atoms with Gasteiger partial charge in [-0.2, -0.15) is 0 Å². The summed E-state index contributed by atoms with van der Waals surface area (Å²) in [5, 5.41) is 4.42. The van der Waals surface area contributed by atoms with Gasteiger partial charge in [0.25, 0.3) is 0 Å². The Hall–Kier alpha value is -0.530. The predicted octanol–water partition coefficient (Wildman–Crippen LogP) is 1.97. The van der Waals surface area contributed by atoms with E-state index in [2.05, 4.69) is 21.2 Å². The van der Waals surface area contributed by atoms with Crippen molar-refractivity contribution in [2.75, 3.05) is 18.1 Å². The molecule has 0 aliphatic carbocycles. The molecule has 18 heavy (non-hydrogen) atoms. The van der Waals surface area contributed by atoms with Crippen molar-refractivity contribution >= 4 is 49.8 Å². The largest absolute Gasteiger partial charge is 0.355 e. The van der Waals surface area contributed by atoms with Gasteiger partial charge in [-0.1, -0.05) is 6.92 Å². The van der Waals surface area contributed by atoms with Gasteiger partial charge in [-0.3, -0.25) is 13.8 Å². The van der Waals surface area contributed by atoms with Crippen LogP contribution in [0.15, 0.2) is 15.9 Å². The monoisotopic (exact) mass is 351 g/mol. The Labute approximate surface area is 121 Å². The lowest BCUT2D eigenvalue weighted by atomic mass is 10.3. The third-order valence-corrected chi connectivity index (χ3v) is 5.07. The lowest BCUT2D eigenvalue weighted by molar-refractivity contribution is -0.118. The van der Waals surface area contributed by atoms with E-state index in [9.17, 15) is 13.8 Å². The molecule has 1 aromatic rings. The van der Waals surface area contributed by atoms with Crippen LogP contribution in [0.3, 0.4) is 0 Å². The molecular weight excluding hydrogens is 338 g/mol. The van der Waals surface area contributed by atoms with Crippen LogP contribution in [-0.2, 0) is 15.6 Å². The summed E-state index contributed by atoms with van der Waals surface area (Å²) in [6.45, 7) is 2.51. The highest BCUT2D eigenvalue weighted by molar-refractivity contribution is 9.10. The minimum atomic E-state index is -1.45. The molecule has 0 saturated heterocycles. The number of Topliss-reactive ketones (excluding diaryl/α,β-unsaturated/α-hetero) is 1. The summed E-state index contributed by atoms with van der Waals surface area (Å²) in [6.07, 6.45) is 0.833. The van der Waals surface area contributed by atoms with E-state index in [4.69, 9.17) is 0 Å². The highest BCUT2D eigenvalue weighted by Crippen LogP contribution is 2.23. The molecule has 0 aliphatic rings. The highest BCUT2D eigenvalue weighted by Gasteiger charge is 2.16. The molecule has 0 spiro atoms. The van der Waals surface area contributed by atoms with Gasteiger partial charge in [0.2, 0.25) is 5.91 Å². The average molecular weight is 352 g/mol. The van der Waals surface area contributed by atoms with Gasteiger partial charge in [0.15, 0.2) is 5.78 Å². The molecule has 0 saturated carbocycles. The summed E-state index contributed by atoms with van der Waals surface area (Å²) in [5.74, 6) is -0.695. The first-order valence-electron chi connectivity index (χ1n) is 5.42. The van der Waals surface area contributed by atoms with Gasteiger partial charge in [-0.15, -0.1) is 11.3 Å². The third-order valence-electron chi connectivity index (χ3n) is 2.03. The minimum absolute atomic E-state index is 0.112. The van der Waals surface area contributed by atoms with Crippen LogP contribution in [-0.4, -0.2) is 33.9 Å². The van der Waals surface area contributed by atoms with E-state index >= 15 is 0 Å². The summed E-state index contributed by atoms with van der Waals surface area (Å²) in [6, 6.07) is 1.77. The van der Waals surface area contributed by atoms with Gasteiger partial charge < -0.3 is 5.32 Å². The molecule has 100 valence electrons. The number of rotatable bonds is 7. The van der Waals surface area contributed by atoms with Gasteiger partial charge in [-0.25, -0.2) is 0 Å². The van der Waals surface area contributed by atoms with Crippen molar-refractivity contribution < 1.29 is 13.8 Å². The zero-order valence-corrected chi connectivity index (χ0v) is 13.1. The number of hydrogen-bond acceptors (Lipinski definition) is 4. The molecule has 0 bridgehead atoms. The van der Waals surface area contributed by atoms with Crippen molar-refractivity contribution in [1.29, 1.82) is 0 Å². The van der Waals surface area contributed by atoms with Crippen LogP contribution in [0.4, 0.5) is 0 Å². The average Bonchev–Trinajstić information content (AvgIpc) is 2.72. The number of carbonyl (C=O) groups is 2. The maximum Gasteiger partial charge on any atom is 0.232 e. The Balaban J connectivity index is 2.43. The molecule has 0 radical (unpaired) electrons. The Morgan fingerprint density at radius 1 is 1.44 bits per heavy atom. The highest BCUT2D eigenvalue weighted by atomic mass is 79.9. The van der Waals surface area contributed by atoms with Crippen molar-refractivity contribution in [3.8, 4) is 0 Å². The van der Waals surface area contributed by atoms with Crippen molar-refractivity contribution in [3.63, 3.8) is 0 Å². The van der Waals surface area contributed by atoms with Crippen LogP contribution in [0.2, 0.25) is 0 Å². The SMILES string of the molecule is CCCNC(=O)CS(=O)CC(=O)c1sccc1Br. The maximum absolute atomic E-state index is 11.8. The van der Waals surface area contributed by atoms with Crippen molar-refractivity contribution in [1.82, 2.24) is 5.32 Å². The van der Waals surface area contributed by atoms with Crippen molar-refractivity contribution in [3.05, 3.63) is 20.8 Å². The minimum Gasteiger partial charge on any atom is -0.355 e. The summed E-state index contributed by atoms with van der Waals surface area (Å²) in [7, 11) is -1.45. The molecule has 0 aliphatic heterocycles. The zero-order chi connectivity index (χ0) is 13.5. The van der Waals surface area contributed by atoms with E-state index in [0.29, 0.717) is 15.9 Å². The molecule has 7 heteroatoms. The molecule has 1 heterocycles. The smallest absolute Gasteiger partial charge is 0.232 e. The molecule has 0 fully saturated rings. The number of ketones is 1. The maximum atomic E-state index is 11.8. The van der Waals surface area contributed by atoms with E-state index in [1.165, 1.54) is 11.3 Å². The Kier molecular flexibility index (Phi) is 6.73. The topological polar surface area (TPSA) is 63.2 Å². The van der Waals surface area contributed by atoms with Gasteiger partial charge >= 0.3 is 0 Å². The first kappa shape index (κ1) is 15.5. The first-order chi connectivity index (χ1) is 8.54. The number of amides is 1. The van der Waals surface area contributed by atoms with Gasteiger partial charge in [0.1, 0.15) is 5.75 Å². The molecule has 0 aromatic carbocycles. The number of halogens is 1. The lowest BCUT2D eigenvalue weighted by Gasteiger charge is -2.03. The molecule has 1 rings (SSSR count). The van der Waals surface area contributed by atoms with Crippen LogP contribution in [0.25, 0.3) is 0 Å². The molecule has 1 unspecified atom stereocenters. The second-order valence-corrected chi connectivity index (χ2v) is 6.83. The first-order valence-corrected chi connectivity index (χ1v) is 8.58. The quantitative estimate of drug-likeness (QED) is 0.763.